The molecule has 2 aromatic heterocycles. The number of likely N-dealkylation sites (tertiary alicyclic amines) is 1. The molecule has 0 spiro atoms. The van der Waals surface area contributed by atoms with Gasteiger partial charge >= 0.3 is 5.97 Å². The quantitative estimate of drug-likeness (QED) is 0.0134. The van der Waals surface area contributed by atoms with Crippen LogP contribution in [0.15, 0.2) is 78.3 Å². The normalized spacial score (nSPS) is 15.2. The maximum atomic E-state index is 14.9. The third kappa shape index (κ3) is 22.5. The minimum atomic E-state index is -1.51. The number of unbranched alkanes of at least 4 members (excludes halogenated alkanes) is 2. The van der Waals surface area contributed by atoms with Crippen molar-refractivity contribution in [2.24, 2.45) is 27.9 Å². The number of rotatable bonds is 37. The Morgan fingerprint density at radius 1 is 0.667 bits per heavy atom. The van der Waals surface area contributed by atoms with Crippen molar-refractivity contribution in [1.82, 2.24) is 62.4 Å². The molecular weight excluding hydrogens is 1130 g/mol. The number of H-pyrrole nitrogens is 2. The van der Waals surface area contributed by atoms with Crippen molar-refractivity contribution < 1.29 is 57.8 Å². The molecule has 5 rings (SSSR count). The molecule has 0 aliphatic carbocycles. The van der Waals surface area contributed by atoms with E-state index in [1.807, 2.05) is 25.1 Å². The van der Waals surface area contributed by atoms with E-state index in [0.29, 0.717) is 61.9 Å². The summed E-state index contributed by atoms with van der Waals surface area (Å²) in [7, 11) is 0. The average Bonchev–Trinajstić information content (AvgIpc) is 2.51. The molecule has 2 aromatic carbocycles. The average molecular weight is 1210 g/mol. The minimum Gasteiger partial charge on any atom is -0.481 e. The molecule has 472 valence electrons. The van der Waals surface area contributed by atoms with Gasteiger partial charge in [-0.1, -0.05) is 68.3 Å². The van der Waals surface area contributed by atoms with Crippen molar-refractivity contribution in [3.05, 3.63) is 90.1 Å². The number of carboxylic acid groups (broad SMARTS) is 1. The number of nitrogens with zero attached hydrogens (tertiary/aromatic N) is 3. The number of amides is 10. The summed E-state index contributed by atoms with van der Waals surface area (Å²) >= 11 is 0. The Morgan fingerprint density at radius 3 is 1.86 bits per heavy atom. The molecule has 1 aliphatic rings. The van der Waals surface area contributed by atoms with Crippen molar-refractivity contribution in [2.75, 3.05) is 26.2 Å². The van der Waals surface area contributed by atoms with E-state index < -0.39 is 133 Å². The third-order valence-electron chi connectivity index (χ3n) is 14.5. The van der Waals surface area contributed by atoms with Crippen molar-refractivity contribution in [2.45, 2.75) is 158 Å². The lowest BCUT2D eigenvalue weighted by molar-refractivity contribution is -0.140. The number of carbonyl (C=O) groups is 11. The molecule has 1 aliphatic heterocycles. The number of nitrogens with one attached hydrogen (secondary N) is 10. The first-order chi connectivity index (χ1) is 41.7. The number of guanidine groups is 1. The second-order valence-corrected chi connectivity index (χ2v) is 21.3. The molecule has 19 N–H and O–H groups in total. The van der Waals surface area contributed by atoms with Crippen molar-refractivity contribution >= 4 is 81.9 Å². The summed E-state index contributed by atoms with van der Waals surface area (Å²) in [5, 5.41) is 31.5. The van der Waals surface area contributed by atoms with E-state index in [0.717, 1.165) is 10.9 Å². The van der Waals surface area contributed by atoms with Gasteiger partial charge in [0.25, 0.3) is 0 Å². The molecule has 8 atom stereocenters. The monoisotopic (exact) mass is 1210 g/mol. The highest BCUT2D eigenvalue weighted by atomic mass is 16.4. The Labute approximate surface area is 503 Å². The van der Waals surface area contributed by atoms with Crippen LogP contribution in [-0.4, -0.2) is 170 Å². The Hall–Kier alpha value is -9.41. The number of nitrogens with two attached hydrogens (primary N) is 4. The number of carbonyl (C=O) groups excluding carboxylic acids is 10. The molecule has 29 heteroatoms. The Kier molecular flexibility index (Phi) is 27.6. The zero-order valence-corrected chi connectivity index (χ0v) is 49.1. The van der Waals surface area contributed by atoms with Gasteiger partial charge in [-0.05, 0) is 81.5 Å². The smallest absolute Gasteiger partial charge is 0.303 e. The number of fused-ring (bicyclic) bond motifs is 1. The second-order valence-electron chi connectivity index (χ2n) is 21.3. The van der Waals surface area contributed by atoms with Crippen molar-refractivity contribution in [3.8, 4) is 0 Å². The summed E-state index contributed by atoms with van der Waals surface area (Å²) in [5.74, 6) is -9.14. The summed E-state index contributed by atoms with van der Waals surface area (Å²) < 4.78 is 0. The highest BCUT2D eigenvalue weighted by Gasteiger charge is 2.38. The first-order valence-corrected chi connectivity index (χ1v) is 29.2. The molecule has 0 bridgehead atoms. The molecule has 1 fully saturated rings. The largest absolute Gasteiger partial charge is 0.481 e. The van der Waals surface area contributed by atoms with Crippen LogP contribution < -0.4 is 65.5 Å². The molecule has 0 unspecified atom stereocenters. The molecule has 0 radical (unpaired) electrons. The number of aromatic nitrogens is 3. The van der Waals surface area contributed by atoms with Gasteiger partial charge < -0.3 is 85.4 Å². The predicted octanol–water partition coefficient (Wildman–Crippen LogP) is -1.84. The fraction of sp³-hybridized carbons (Fsp3) is 0.500. The fourth-order valence-corrected chi connectivity index (χ4v) is 10.0. The number of para-hydroxylation sites is 1. The van der Waals surface area contributed by atoms with Crippen LogP contribution in [0.1, 0.15) is 108 Å². The molecule has 87 heavy (non-hydrogen) atoms. The Balaban J connectivity index is 1.43. The third-order valence-corrected chi connectivity index (χ3v) is 14.5. The number of imidazole rings is 1. The van der Waals surface area contributed by atoms with Crippen LogP contribution in [0.5, 0.6) is 0 Å². The summed E-state index contributed by atoms with van der Waals surface area (Å²) in [6.45, 7) is 3.06. The Morgan fingerprint density at radius 2 is 1.25 bits per heavy atom. The van der Waals surface area contributed by atoms with Crippen LogP contribution in [-0.2, 0) is 72.0 Å². The highest BCUT2D eigenvalue weighted by Crippen LogP contribution is 2.21. The zero-order chi connectivity index (χ0) is 63.4. The Bertz CT molecular complexity index is 3010. The van der Waals surface area contributed by atoms with Crippen molar-refractivity contribution in [1.29, 1.82) is 0 Å². The van der Waals surface area contributed by atoms with Gasteiger partial charge in [0.1, 0.15) is 48.3 Å². The number of aromatic amines is 2. The van der Waals surface area contributed by atoms with E-state index >= 15 is 0 Å². The van der Waals surface area contributed by atoms with Gasteiger partial charge in [0.05, 0.1) is 12.9 Å². The van der Waals surface area contributed by atoms with Gasteiger partial charge in [-0.2, -0.15) is 0 Å². The number of benzene rings is 2. The standard InChI is InChI=1S/C58H83N17O12/c1-3-4-17-40(68-34(2)76)52(82)71-42(22-23-49(78)79)54(84)74-46(29-37-31-63-33-67-37)56(86)72-44(27-35-14-6-5-7-15-35)55(85)70-41(20-12-25-64-58(61)62)53(83)73-45(28-36-30-65-39-18-9-8-16-38(36)39)51(81)66-32-48(77)69-43(19-10-11-24-59)57(87)75-26-13-21-47(75)50(60)80/h5-9,14-16,18,30-31,33,40-47,65H,3-4,10-13,17,19-29,32,59H2,1-2H3,(H2,60,80)(H,63,67)(H,66,81)(H,68,76)(H,69,77)(H,70,85)(H,71,82)(H,72,86)(H,73,83)(H,74,84)(H,78,79)(H4,61,62,64)/t40-,41-,42-,43-,44-,45-,46-,47-/m0/s1. The van der Waals surface area contributed by atoms with E-state index in [4.69, 9.17) is 22.9 Å². The SMILES string of the molecule is CCCC[C@H](NC(C)=O)C(=O)N[C@@H](CCC(=O)O)C(=O)N[C@@H](Cc1cnc[nH]1)C(=O)N[C@@H](Cc1ccccc1)C(=O)N[C@@H](CCCN=C(N)N)C(=O)N[C@@H](Cc1c[nH]c2ccccc12)C(=O)NCC(=O)N[C@@H](CCCCN)C(=O)N1CCC[C@H]1C(N)=O. The topological polar surface area (TPSA) is 468 Å². The predicted molar refractivity (Wildman–Crippen MR) is 320 cm³/mol. The fourth-order valence-electron chi connectivity index (χ4n) is 10.0. The summed E-state index contributed by atoms with van der Waals surface area (Å²) in [5.41, 5.74) is 24.8. The van der Waals surface area contributed by atoms with Gasteiger partial charge in [0.15, 0.2) is 5.96 Å². The van der Waals surface area contributed by atoms with Crippen molar-refractivity contribution in [3.63, 3.8) is 0 Å². The van der Waals surface area contributed by atoms with E-state index in [2.05, 4.69) is 62.5 Å². The lowest BCUT2D eigenvalue weighted by Crippen LogP contribution is -2.60. The van der Waals surface area contributed by atoms with Crippen LogP contribution in [0.3, 0.4) is 0 Å². The summed E-state index contributed by atoms with van der Waals surface area (Å²) in [6, 6.07) is 5.44. The first-order valence-electron chi connectivity index (χ1n) is 29.2. The second kappa shape index (κ2) is 35.1. The lowest BCUT2D eigenvalue weighted by atomic mass is 10.0. The highest BCUT2D eigenvalue weighted by molar-refractivity contribution is 5.99. The van der Waals surface area contributed by atoms with E-state index in [1.54, 1.807) is 42.6 Å². The van der Waals surface area contributed by atoms with Crippen LogP contribution in [0.2, 0.25) is 0 Å². The molecule has 3 heterocycles. The number of hydrogen-bond donors (Lipinski definition) is 15. The van der Waals surface area contributed by atoms with E-state index in [-0.39, 0.29) is 64.0 Å². The molecule has 1 saturated heterocycles. The zero-order valence-electron chi connectivity index (χ0n) is 49.1. The van der Waals surface area contributed by atoms with Gasteiger partial charge in [0.2, 0.25) is 59.1 Å². The van der Waals surface area contributed by atoms with E-state index in [1.165, 1.54) is 24.3 Å². The molecule has 0 saturated carbocycles. The summed E-state index contributed by atoms with van der Waals surface area (Å²) in [4.78, 5) is 165. The van der Waals surface area contributed by atoms with Crippen LogP contribution in [0.25, 0.3) is 10.9 Å². The van der Waals surface area contributed by atoms with Crippen LogP contribution in [0, 0.1) is 0 Å². The molecule has 4 aromatic rings. The number of aliphatic imine (C=N–C) groups is 1. The molecule has 10 amide bonds. The van der Waals surface area contributed by atoms with E-state index in [9.17, 15) is 57.8 Å². The number of carboxylic acids is 1. The van der Waals surface area contributed by atoms with Crippen LogP contribution in [0.4, 0.5) is 0 Å². The minimum absolute atomic E-state index is 0.00667. The van der Waals surface area contributed by atoms with Gasteiger partial charge in [-0.3, -0.25) is 57.7 Å². The first kappa shape index (κ1) is 68.4. The van der Waals surface area contributed by atoms with Gasteiger partial charge in [-0.15, -0.1) is 0 Å². The van der Waals surface area contributed by atoms with Crippen LogP contribution >= 0.6 is 0 Å². The molecular formula is C58H83N17O12. The molecule has 29 nitrogen and oxygen atoms in total. The van der Waals surface area contributed by atoms with Gasteiger partial charge in [0, 0.05) is 74.7 Å². The maximum absolute atomic E-state index is 14.9. The van der Waals surface area contributed by atoms with Gasteiger partial charge in [-0.25, -0.2) is 4.98 Å². The number of hydrogen-bond acceptors (Lipinski definition) is 14. The number of primary amides is 1. The summed E-state index contributed by atoms with van der Waals surface area (Å²) in [6.07, 6.45) is 6.39. The maximum Gasteiger partial charge on any atom is 0.303 e. The lowest BCUT2D eigenvalue weighted by Gasteiger charge is -2.28. The number of aliphatic carboxylic acids is 1.